The van der Waals surface area contributed by atoms with Crippen LogP contribution in [-0.4, -0.2) is 33.7 Å². The summed E-state index contributed by atoms with van der Waals surface area (Å²) in [6.07, 6.45) is 0.418. The number of nitrogens with one attached hydrogen (secondary N) is 1. The highest BCUT2D eigenvalue weighted by atomic mass is 32.2. The van der Waals surface area contributed by atoms with Crippen LogP contribution in [0.3, 0.4) is 0 Å². The van der Waals surface area contributed by atoms with Crippen LogP contribution in [-0.2, 0) is 14.8 Å². The van der Waals surface area contributed by atoms with E-state index >= 15 is 0 Å². The molecule has 146 valence electrons. The third-order valence-corrected chi connectivity index (χ3v) is 5.39. The maximum atomic E-state index is 12.5. The largest absolute Gasteiger partial charge is 0.481 e. The number of ether oxygens (including phenoxy) is 1. The number of amides is 1. The number of rotatable bonds is 7. The van der Waals surface area contributed by atoms with Crippen LogP contribution in [0, 0.1) is 0 Å². The zero-order chi connectivity index (χ0) is 20.2. The Bertz CT molecular complexity index is 910. The summed E-state index contributed by atoms with van der Waals surface area (Å²) >= 11 is 0. The van der Waals surface area contributed by atoms with E-state index in [0.29, 0.717) is 17.1 Å². The second-order valence-corrected chi connectivity index (χ2v) is 8.74. The Morgan fingerprint density at radius 2 is 1.74 bits per heavy atom. The normalized spacial score (nSPS) is 12.5. The van der Waals surface area contributed by atoms with Crippen molar-refractivity contribution in [3.63, 3.8) is 0 Å². The number of para-hydroxylation sites is 1. The number of benzene rings is 2. The molecule has 6 nitrogen and oxygen atoms in total. The highest BCUT2D eigenvalue weighted by molar-refractivity contribution is 7.92. The van der Waals surface area contributed by atoms with Gasteiger partial charge >= 0.3 is 0 Å². The van der Waals surface area contributed by atoms with Gasteiger partial charge in [0.05, 0.1) is 11.9 Å². The third kappa shape index (κ3) is 5.47. The van der Waals surface area contributed by atoms with E-state index in [4.69, 9.17) is 4.74 Å². The maximum absolute atomic E-state index is 12.5. The first-order valence-corrected chi connectivity index (χ1v) is 10.5. The zero-order valence-electron chi connectivity index (χ0n) is 16.3. The molecule has 7 heteroatoms. The maximum Gasteiger partial charge on any atom is 0.265 e. The van der Waals surface area contributed by atoms with Crippen LogP contribution < -0.4 is 14.4 Å². The first-order chi connectivity index (χ1) is 12.6. The van der Waals surface area contributed by atoms with Crippen LogP contribution >= 0.6 is 0 Å². The van der Waals surface area contributed by atoms with Crippen molar-refractivity contribution in [2.24, 2.45) is 0 Å². The van der Waals surface area contributed by atoms with E-state index in [0.717, 1.165) is 16.1 Å². The predicted molar refractivity (Wildman–Crippen MR) is 109 cm³/mol. The van der Waals surface area contributed by atoms with Crippen molar-refractivity contribution >= 4 is 27.3 Å². The van der Waals surface area contributed by atoms with Crippen LogP contribution in [0.4, 0.5) is 11.4 Å². The highest BCUT2D eigenvalue weighted by Crippen LogP contribution is 2.27. The Morgan fingerprint density at radius 3 is 2.37 bits per heavy atom. The fourth-order valence-electron chi connectivity index (χ4n) is 2.52. The van der Waals surface area contributed by atoms with Crippen molar-refractivity contribution in [3.05, 3.63) is 54.1 Å². The van der Waals surface area contributed by atoms with E-state index in [1.807, 2.05) is 24.3 Å². The van der Waals surface area contributed by atoms with Crippen LogP contribution in [0.1, 0.15) is 32.3 Å². The smallest absolute Gasteiger partial charge is 0.265 e. The second-order valence-electron chi connectivity index (χ2n) is 6.72. The van der Waals surface area contributed by atoms with Crippen molar-refractivity contribution in [2.45, 2.75) is 32.8 Å². The third-order valence-electron chi connectivity index (χ3n) is 4.19. The molecule has 0 aliphatic heterocycles. The van der Waals surface area contributed by atoms with E-state index in [1.54, 1.807) is 31.2 Å². The van der Waals surface area contributed by atoms with Crippen LogP contribution in [0.15, 0.2) is 48.5 Å². The molecule has 0 fully saturated rings. The summed E-state index contributed by atoms with van der Waals surface area (Å²) in [5.41, 5.74) is 2.00. The minimum Gasteiger partial charge on any atom is -0.481 e. The van der Waals surface area contributed by atoms with Gasteiger partial charge in [-0.25, -0.2) is 8.42 Å². The van der Waals surface area contributed by atoms with Crippen molar-refractivity contribution < 1.29 is 17.9 Å². The number of anilines is 2. The molecular formula is C20H26N2O4S. The van der Waals surface area contributed by atoms with Gasteiger partial charge in [-0.05, 0) is 42.7 Å². The molecule has 0 unspecified atom stereocenters. The van der Waals surface area contributed by atoms with Gasteiger partial charge in [-0.3, -0.25) is 9.10 Å². The minimum absolute atomic E-state index is 0.277. The molecule has 0 saturated heterocycles. The van der Waals surface area contributed by atoms with Crippen LogP contribution in [0.25, 0.3) is 0 Å². The van der Waals surface area contributed by atoms with Gasteiger partial charge in [0.2, 0.25) is 10.0 Å². The molecule has 27 heavy (non-hydrogen) atoms. The van der Waals surface area contributed by atoms with E-state index < -0.39 is 16.1 Å². The first-order valence-electron chi connectivity index (χ1n) is 8.70. The van der Waals surface area contributed by atoms with Crippen molar-refractivity contribution in [3.8, 4) is 5.75 Å². The second kappa shape index (κ2) is 8.43. The summed E-state index contributed by atoms with van der Waals surface area (Å²) in [7, 11) is -1.91. The number of sulfonamides is 1. The number of carbonyl (C=O) groups excluding carboxylic acids is 1. The summed E-state index contributed by atoms with van der Waals surface area (Å²) in [5.74, 6) is 0.646. The molecule has 1 N–H and O–H groups in total. The Morgan fingerprint density at radius 1 is 1.07 bits per heavy atom. The fraction of sp³-hybridized carbons (Fsp3) is 0.350. The fourth-order valence-corrected chi connectivity index (χ4v) is 3.02. The molecule has 0 aromatic heterocycles. The molecule has 0 heterocycles. The standard InChI is InChI=1S/C20H26N2O4S/c1-14(2)18-11-6-7-12-19(18)26-15(3)20(23)21-16-9-8-10-17(13-16)22(4)27(5,24)25/h6-15H,1-5H3,(H,21,23)/t15-/m0/s1. The molecule has 1 amide bonds. The molecule has 1 atom stereocenters. The van der Waals surface area contributed by atoms with Gasteiger partial charge in [0.1, 0.15) is 5.75 Å². The molecule has 2 rings (SSSR count). The summed E-state index contributed by atoms with van der Waals surface area (Å²) in [6, 6.07) is 14.3. The lowest BCUT2D eigenvalue weighted by molar-refractivity contribution is -0.122. The van der Waals surface area contributed by atoms with E-state index in [1.165, 1.54) is 7.05 Å². The molecule has 0 radical (unpaired) electrons. The zero-order valence-corrected chi connectivity index (χ0v) is 17.1. The minimum atomic E-state index is -3.38. The van der Waals surface area contributed by atoms with Crippen LogP contribution in [0.5, 0.6) is 5.75 Å². The lowest BCUT2D eigenvalue weighted by atomic mass is 10.0. The van der Waals surface area contributed by atoms with Gasteiger partial charge < -0.3 is 10.1 Å². The topological polar surface area (TPSA) is 75.7 Å². The molecule has 0 spiro atoms. The van der Waals surface area contributed by atoms with E-state index in [9.17, 15) is 13.2 Å². The Kier molecular flexibility index (Phi) is 6.49. The van der Waals surface area contributed by atoms with E-state index in [2.05, 4.69) is 19.2 Å². The summed E-state index contributed by atoms with van der Waals surface area (Å²) in [4.78, 5) is 12.5. The average molecular weight is 391 g/mol. The Hall–Kier alpha value is -2.54. The lowest BCUT2D eigenvalue weighted by Gasteiger charge is -2.20. The van der Waals surface area contributed by atoms with Crippen molar-refractivity contribution in [2.75, 3.05) is 22.9 Å². The van der Waals surface area contributed by atoms with Gasteiger partial charge in [-0.2, -0.15) is 0 Å². The molecule has 0 aliphatic rings. The predicted octanol–water partition coefficient (Wildman–Crippen LogP) is 3.61. The number of carbonyl (C=O) groups is 1. The summed E-state index contributed by atoms with van der Waals surface area (Å²) in [5, 5.41) is 2.77. The molecule has 0 saturated carbocycles. The van der Waals surface area contributed by atoms with Crippen molar-refractivity contribution in [1.29, 1.82) is 0 Å². The lowest BCUT2D eigenvalue weighted by Crippen LogP contribution is -2.30. The SMILES string of the molecule is CC(C)c1ccccc1O[C@@H](C)C(=O)Nc1cccc(N(C)S(C)(=O)=O)c1. The van der Waals surface area contributed by atoms with Gasteiger partial charge in [-0.1, -0.05) is 38.1 Å². The number of hydrogen-bond donors (Lipinski definition) is 1. The Balaban J connectivity index is 2.11. The van der Waals surface area contributed by atoms with Gasteiger partial charge in [0, 0.05) is 12.7 Å². The molecule has 0 bridgehead atoms. The number of hydrogen-bond acceptors (Lipinski definition) is 4. The number of nitrogens with zero attached hydrogens (tertiary/aromatic N) is 1. The van der Waals surface area contributed by atoms with Crippen LogP contribution in [0.2, 0.25) is 0 Å². The van der Waals surface area contributed by atoms with Gasteiger partial charge in [0.15, 0.2) is 6.10 Å². The summed E-state index contributed by atoms with van der Waals surface area (Å²) in [6.45, 7) is 5.81. The quantitative estimate of drug-likeness (QED) is 0.784. The monoisotopic (exact) mass is 390 g/mol. The van der Waals surface area contributed by atoms with Gasteiger partial charge in [-0.15, -0.1) is 0 Å². The molecular weight excluding hydrogens is 364 g/mol. The Labute approximate surface area is 161 Å². The molecule has 2 aromatic rings. The summed E-state index contributed by atoms with van der Waals surface area (Å²) < 4.78 is 30.4. The van der Waals surface area contributed by atoms with E-state index in [-0.39, 0.29) is 11.8 Å². The van der Waals surface area contributed by atoms with Gasteiger partial charge in [0.25, 0.3) is 5.91 Å². The average Bonchev–Trinajstić information content (AvgIpc) is 2.60. The van der Waals surface area contributed by atoms with Crippen molar-refractivity contribution in [1.82, 2.24) is 0 Å². The highest BCUT2D eigenvalue weighted by Gasteiger charge is 2.18. The molecule has 0 aliphatic carbocycles. The molecule has 2 aromatic carbocycles. The first kappa shape index (κ1) is 20.8.